The predicted octanol–water partition coefficient (Wildman–Crippen LogP) is 3.04. The Balaban J connectivity index is 2.22. The van der Waals surface area contributed by atoms with E-state index in [1.54, 1.807) is 0 Å². The molecular formula is C15H20BrNO3. The summed E-state index contributed by atoms with van der Waals surface area (Å²) in [4.78, 5) is 13.2. The van der Waals surface area contributed by atoms with Crippen LogP contribution < -0.4 is 4.90 Å². The molecule has 2 rings (SSSR count). The van der Waals surface area contributed by atoms with Crippen molar-refractivity contribution in [3.8, 4) is 0 Å². The molecule has 0 spiro atoms. The van der Waals surface area contributed by atoms with E-state index in [0.29, 0.717) is 0 Å². The van der Waals surface area contributed by atoms with Crippen LogP contribution in [0.2, 0.25) is 0 Å². The lowest BCUT2D eigenvalue weighted by Gasteiger charge is -2.31. The van der Waals surface area contributed by atoms with Gasteiger partial charge in [0.1, 0.15) is 0 Å². The maximum Gasteiger partial charge on any atom is 0.304 e. The predicted molar refractivity (Wildman–Crippen MR) is 82.5 cm³/mol. The largest absolute Gasteiger partial charge is 0.481 e. The van der Waals surface area contributed by atoms with Gasteiger partial charge in [0.05, 0.1) is 25.3 Å². The molecule has 1 aliphatic heterocycles. The zero-order chi connectivity index (χ0) is 14.8. The minimum absolute atomic E-state index is 0.121. The Morgan fingerprint density at radius 3 is 2.60 bits per heavy atom. The van der Waals surface area contributed by atoms with Crippen LogP contribution in [0.4, 0.5) is 5.69 Å². The van der Waals surface area contributed by atoms with Gasteiger partial charge < -0.3 is 14.7 Å². The van der Waals surface area contributed by atoms with Crippen molar-refractivity contribution in [1.82, 2.24) is 0 Å². The molecule has 110 valence electrons. The number of hydrogen-bond donors (Lipinski definition) is 1. The topological polar surface area (TPSA) is 49.8 Å². The van der Waals surface area contributed by atoms with Crippen molar-refractivity contribution in [2.45, 2.75) is 25.7 Å². The van der Waals surface area contributed by atoms with Gasteiger partial charge in [-0.15, -0.1) is 0 Å². The molecule has 1 aromatic carbocycles. The van der Waals surface area contributed by atoms with Gasteiger partial charge >= 0.3 is 5.97 Å². The number of rotatable bonds is 4. The Labute approximate surface area is 127 Å². The highest BCUT2D eigenvalue weighted by Crippen LogP contribution is 2.34. The molecule has 0 atom stereocenters. The molecule has 4 nitrogen and oxygen atoms in total. The summed E-state index contributed by atoms with van der Waals surface area (Å²) in [5.41, 5.74) is 1.80. The van der Waals surface area contributed by atoms with E-state index >= 15 is 0 Å². The third kappa shape index (κ3) is 3.52. The van der Waals surface area contributed by atoms with E-state index < -0.39 is 5.97 Å². The first-order valence-electron chi connectivity index (χ1n) is 6.75. The first-order chi connectivity index (χ1) is 9.40. The third-order valence-electron chi connectivity index (χ3n) is 3.67. The van der Waals surface area contributed by atoms with Crippen molar-refractivity contribution in [2.24, 2.45) is 0 Å². The summed E-state index contributed by atoms with van der Waals surface area (Å²) in [6.07, 6.45) is 0.121. The van der Waals surface area contributed by atoms with Crippen molar-refractivity contribution in [1.29, 1.82) is 0 Å². The molecule has 0 aliphatic carbocycles. The highest BCUT2D eigenvalue weighted by Gasteiger charge is 2.25. The van der Waals surface area contributed by atoms with Crippen LogP contribution in [0.25, 0.3) is 0 Å². The van der Waals surface area contributed by atoms with Crippen LogP contribution in [0.3, 0.4) is 0 Å². The monoisotopic (exact) mass is 341 g/mol. The van der Waals surface area contributed by atoms with Crippen molar-refractivity contribution in [3.05, 3.63) is 28.2 Å². The highest BCUT2D eigenvalue weighted by atomic mass is 79.9. The first-order valence-corrected chi connectivity index (χ1v) is 7.54. The number of benzene rings is 1. The van der Waals surface area contributed by atoms with Crippen molar-refractivity contribution in [2.75, 3.05) is 31.2 Å². The number of aliphatic carboxylic acids is 1. The summed E-state index contributed by atoms with van der Waals surface area (Å²) in [6.45, 7) is 7.18. The Morgan fingerprint density at radius 1 is 1.40 bits per heavy atom. The highest BCUT2D eigenvalue weighted by molar-refractivity contribution is 9.10. The molecule has 1 heterocycles. The maximum absolute atomic E-state index is 11.0. The van der Waals surface area contributed by atoms with Gasteiger partial charge in [0, 0.05) is 23.0 Å². The van der Waals surface area contributed by atoms with Crippen molar-refractivity contribution in [3.63, 3.8) is 0 Å². The number of halogens is 1. The molecule has 0 bridgehead atoms. The minimum atomic E-state index is -0.775. The quantitative estimate of drug-likeness (QED) is 0.914. The van der Waals surface area contributed by atoms with Crippen LogP contribution >= 0.6 is 15.9 Å². The van der Waals surface area contributed by atoms with Gasteiger partial charge in [0.2, 0.25) is 0 Å². The average molecular weight is 342 g/mol. The Morgan fingerprint density at radius 2 is 2.05 bits per heavy atom. The summed E-state index contributed by atoms with van der Waals surface area (Å²) in [6, 6.07) is 6.13. The van der Waals surface area contributed by atoms with Crippen LogP contribution in [0, 0.1) is 0 Å². The van der Waals surface area contributed by atoms with E-state index in [2.05, 4.69) is 26.9 Å². The molecule has 1 aliphatic rings. The Kier molecular flexibility index (Phi) is 4.70. The molecule has 0 aromatic heterocycles. The van der Waals surface area contributed by atoms with Crippen molar-refractivity contribution >= 4 is 27.6 Å². The number of carbonyl (C=O) groups is 1. The van der Waals surface area contributed by atoms with E-state index in [-0.39, 0.29) is 11.8 Å². The second-order valence-corrected chi connectivity index (χ2v) is 6.57. The number of anilines is 1. The minimum Gasteiger partial charge on any atom is -0.481 e. The summed E-state index contributed by atoms with van der Waals surface area (Å²) in [5, 5.41) is 9.00. The third-order valence-corrected chi connectivity index (χ3v) is 4.31. The molecule has 1 N–H and O–H groups in total. The fourth-order valence-electron chi connectivity index (χ4n) is 2.47. The average Bonchev–Trinajstić information content (AvgIpc) is 2.38. The van der Waals surface area contributed by atoms with Gasteiger partial charge in [-0.25, -0.2) is 0 Å². The van der Waals surface area contributed by atoms with Gasteiger partial charge in [0.25, 0.3) is 0 Å². The zero-order valence-corrected chi connectivity index (χ0v) is 13.4. The molecule has 0 unspecified atom stereocenters. The van der Waals surface area contributed by atoms with E-state index in [1.807, 2.05) is 26.0 Å². The molecular weight excluding hydrogens is 322 g/mol. The number of hydrogen-bond acceptors (Lipinski definition) is 3. The van der Waals surface area contributed by atoms with Crippen LogP contribution in [-0.4, -0.2) is 37.4 Å². The van der Waals surface area contributed by atoms with Crippen molar-refractivity contribution < 1.29 is 14.6 Å². The normalized spacial score (nSPS) is 16.2. The fourth-order valence-corrected chi connectivity index (χ4v) is 3.10. The molecule has 1 saturated heterocycles. The van der Waals surface area contributed by atoms with Gasteiger partial charge in [0.15, 0.2) is 0 Å². The van der Waals surface area contributed by atoms with Crippen LogP contribution in [-0.2, 0) is 14.9 Å². The molecule has 0 amide bonds. The zero-order valence-electron chi connectivity index (χ0n) is 11.9. The van der Waals surface area contributed by atoms with Crippen LogP contribution in [0.5, 0.6) is 0 Å². The first kappa shape index (κ1) is 15.3. The van der Waals surface area contributed by atoms with Gasteiger partial charge in [-0.3, -0.25) is 4.79 Å². The maximum atomic E-state index is 11.0. The number of carboxylic acid groups (broad SMARTS) is 1. The number of morpholine rings is 1. The Hall–Kier alpha value is -1.07. The number of carboxylic acids is 1. The molecule has 0 saturated carbocycles. The Bertz CT molecular complexity index is 496. The number of ether oxygens (including phenoxy) is 1. The van der Waals surface area contributed by atoms with E-state index in [9.17, 15) is 4.79 Å². The lowest BCUT2D eigenvalue weighted by Crippen LogP contribution is -2.36. The van der Waals surface area contributed by atoms with Crippen LogP contribution in [0.1, 0.15) is 25.8 Å². The second kappa shape index (κ2) is 6.14. The summed E-state index contributed by atoms with van der Waals surface area (Å²) >= 11 is 3.61. The fraction of sp³-hybridized carbons (Fsp3) is 0.533. The van der Waals surface area contributed by atoms with Gasteiger partial charge in [-0.05, 0) is 33.6 Å². The molecule has 1 aromatic rings. The second-order valence-electron chi connectivity index (χ2n) is 5.72. The summed E-state index contributed by atoms with van der Waals surface area (Å²) < 4.78 is 6.37. The molecule has 5 heteroatoms. The SMILES string of the molecule is CC(C)(CC(=O)O)c1ccc(N2CCOCC2)c(Br)c1. The van der Waals surface area contributed by atoms with E-state index in [0.717, 1.165) is 42.0 Å². The molecule has 1 fully saturated rings. The summed E-state index contributed by atoms with van der Waals surface area (Å²) in [7, 11) is 0. The van der Waals surface area contributed by atoms with E-state index in [4.69, 9.17) is 9.84 Å². The summed E-state index contributed by atoms with van der Waals surface area (Å²) in [5.74, 6) is -0.775. The number of nitrogens with zero attached hydrogens (tertiary/aromatic N) is 1. The van der Waals surface area contributed by atoms with Gasteiger partial charge in [-0.1, -0.05) is 19.9 Å². The molecule has 0 radical (unpaired) electrons. The molecule has 20 heavy (non-hydrogen) atoms. The van der Waals surface area contributed by atoms with Crippen LogP contribution in [0.15, 0.2) is 22.7 Å². The smallest absolute Gasteiger partial charge is 0.304 e. The standard InChI is InChI=1S/C15H20BrNO3/c1-15(2,10-14(18)19)11-3-4-13(12(16)9-11)17-5-7-20-8-6-17/h3-4,9H,5-8,10H2,1-2H3,(H,18,19). The van der Waals surface area contributed by atoms with Gasteiger partial charge in [-0.2, -0.15) is 0 Å². The lowest BCUT2D eigenvalue weighted by atomic mass is 9.81. The lowest BCUT2D eigenvalue weighted by molar-refractivity contribution is -0.138. The van der Waals surface area contributed by atoms with E-state index in [1.165, 1.54) is 0 Å².